The molecule has 0 unspecified atom stereocenters. The average Bonchev–Trinajstić information content (AvgIpc) is 1.96. The molecule has 0 saturated carbocycles. The Hall–Kier alpha value is -1.17. The standard InChI is InChI=1S/C8H7F4NO.ClH/c1-4-2-5(13)7(9)6(3-4)14-8(10,11)12;/h2-3H,13H2,1H3;1H. The van der Waals surface area contributed by atoms with E-state index in [4.69, 9.17) is 5.73 Å². The van der Waals surface area contributed by atoms with Gasteiger partial charge in [-0.05, 0) is 24.6 Å². The SMILES string of the molecule is Cc1cc(N)c(F)c(OC(F)(F)F)c1.Cl. The van der Waals surface area contributed by atoms with E-state index in [2.05, 4.69) is 4.74 Å². The van der Waals surface area contributed by atoms with Crippen molar-refractivity contribution in [3.8, 4) is 5.75 Å². The molecule has 0 radical (unpaired) electrons. The van der Waals surface area contributed by atoms with Crippen LogP contribution in [0.15, 0.2) is 12.1 Å². The fourth-order valence-corrected chi connectivity index (χ4v) is 0.962. The number of aryl methyl sites for hydroxylation is 1. The highest BCUT2D eigenvalue weighted by Gasteiger charge is 2.32. The van der Waals surface area contributed by atoms with Crippen LogP contribution in [0, 0.1) is 12.7 Å². The number of alkyl halides is 3. The van der Waals surface area contributed by atoms with Gasteiger partial charge < -0.3 is 10.5 Å². The molecule has 1 aromatic rings. The zero-order chi connectivity index (χ0) is 10.9. The van der Waals surface area contributed by atoms with Crippen molar-refractivity contribution in [2.45, 2.75) is 13.3 Å². The monoisotopic (exact) mass is 245 g/mol. The highest BCUT2D eigenvalue weighted by atomic mass is 35.5. The Bertz CT molecular complexity index is 353. The molecule has 0 aromatic heterocycles. The van der Waals surface area contributed by atoms with Gasteiger partial charge in [-0.25, -0.2) is 4.39 Å². The summed E-state index contributed by atoms with van der Waals surface area (Å²) in [6.07, 6.45) is -4.92. The van der Waals surface area contributed by atoms with Crippen molar-refractivity contribution >= 4 is 18.1 Å². The summed E-state index contributed by atoms with van der Waals surface area (Å²) in [5.74, 6) is -2.11. The van der Waals surface area contributed by atoms with Crippen molar-refractivity contribution in [1.29, 1.82) is 0 Å². The topological polar surface area (TPSA) is 35.2 Å². The van der Waals surface area contributed by atoms with Gasteiger partial charge in [0.25, 0.3) is 0 Å². The number of nitrogen functional groups attached to an aromatic ring is 1. The normalized spacial score (nSPS) is 10.7. The van der Waals surface area contributed by atoms with Crippen molar-refractivity contribution in [3.63, 3.8) is 0 Å². The fourth-order valence-electron chi connectivity index (χ4n) is 0.962. The molecular formula is C8H8ClF4NO. The van der Waals surface area contributed by atoms with Gasteiger partial charge in [-0.2, -0.15) is 0 Å². The van der Waals surface area contributed by atoms with Crippen LogP contribution in [0.25, 0.3) is 0 Å². The number of halogens is 5. The number of nitrogens with two attached hydrogens (primary N) is 1. The molecule has 2 N–H and O–H groups in total. The first kappa shape index (κ1) is 13.8. The molecular weight excluding hydrogens is 238 g/mol. The third-order valence-electron chi connectivity index (χ3n) is 1.44. The summed E-state index contributed by atoms with van der Waals surface area (Å²) in [5.41, 5.74) is 5.14. The highest BCUT2D eigenvalue weighted by Crippen LogP contribution is 2.29. The minimum Gasteiger partial charge on any atom is -0.403 e. The van der Waals surface area contributed by atoms with Crippen LogP contribution < -0.4 is 10.5 Å². The lowest BCUT2D eigenvalue weighted by molar-refractivity contribution is -0.275. The molecule has 0 aliphatic heterocycles. The van der Waals surface area contributed by atoms with E-state index < -0.39 is 17.9 Å². The van der Waals surface area contributed by atoms with E-state index in [9.17, 15) is 17.6 Å². The van der Waals surface area contributed by atoms with Crippen LogP contribution in [0.2, 0.25) is 0 Å². The molecule has 2 nitrogen and oxygen atoms in total. The molecule has 0 fully saturated rings. The maximum atomic E-state index is 13.0. The van der Waals surface area contributed by atoms with Crippen molar-refractivity contribution in [2.24, 2.45) is 0 Å². The third kappa shape index (κ3) is 3.83. The van der Waals surface area contributed by atoms with Gasteiger partial charge in [0, 0.05) is 0 Å². The summed E-state index contributed by atoms with van der Waals surface area (Å²) >= 11 is 0. The van der Waals surface area contributed by atoms with Gasteiger partial charge in [-0.15, -0.1) is 25.6 Å². The van der Waals surface area contributed by atoms with Crippen LogP contribution in [0.3, 0.4) is 0 Å². The zero-order valence-corrected chi connectivity index (χ0v) is 8.38. The van der Waals surface area contributed by atoms with Gasteiger partial charge in [-0.1, -0.05) is 0 Å². The van der Waals surface area contributed by atoms with Crippen LogP contribution in [0.1, 0.15) is 5.56 Å². The van der Waals surface area contributed by atoms with Crippen LogP contribution >= 0.6 is 12.4 Å². The lowest BCUT2D eigenvalue weighted by Gasteiger charge is -2.11. The van der Waals surface area contributed by atoms with Gasteiger partial charge in [-0.3, -0.25) is 0 Å². The first-order valence-corrected chi connectivity index (χ1v) is 3.61. The van der Waals surface area contributed by atoms with Crippen molar-refractivity contribution in [1.82, 2.24) is 0 Å². The van der Waals surface area contributed by atoms with Crippen LogP contribution in [0.4, 0.5) is 23.2 Å². The molecule has 15 heavy (non-hydrogen) atoms. The molecule has 0 amide bonds. The van der Waals surface area contributed by atoms with Gasteiger partial charge >= 0.3 is 6.36 Å². The van der Waals surface area contributed by atoms with Crippen LogP contribution in [-0.4, -0.2) is 6.36 Å². The first-order valence-electron chi connectivity index (χ1n) is 3.61. The van der Waals surface area contributed by atoms with E-state index in [-0.39, 0.29) is 18.1 Å². The minimum atomic E-state index is -4.92. The van der Waals surface area contributed by atoms with E-state index in [0.717, 1.165) is 6.07 Å². The highest BCUT2D eigenvalue weighted by molar-refractivity contribution is 5.85. The van der Waals surface area contributed by atoms with Crippen molar-refractivity contribution in [3.05, 3.63) is 23.5 Å². The lowest BCUT2D eigenvalue weighted by Crippen LogP contribution is -2.18. The number of hydrogen-bond acceptors (Lipinski definition) is 2. The zero-order valence-electron chi connectivity index (χ0n) is 7.56. The molecule has 0 atom stereocenters. The third-order valence-corrected chi connectivity index (χ3v) is 1.44. The molecule has 0 aliphatic carbocycles. The van der Waals surface area contributed by atoms with E-state index in [1.165, 1.54) is 13.0 Å². The first-order chi connectivity index (χ1) is 6.29. The second-order valence-electron chi connectivity index (χ2n) is 2.71. The van der Waals surface area contributed by atoms with Crippen LogP contribution in [-0.2, 0) is 0 Å². The Morgan fingerprint density at radius 3 is 2.27 bits per heavy atom. The number of benzene rings is 1. The predicted octanol–water partition coefficient (Wildman–Crippen LogP) is 3.04. The van der Waals surface area contributed by atoms with E-state index >= 15 is 0 Å². The molecule has 86 valence electrons. The number of ether oxygens (including phenoxy) is 1. The Kier molecular flexibility index (Phi) is 4.21. The molecule has 0 bridgehead atoms. The largest absolute Gasteiger partial charge is 0.573 e. The summed E-state index contributed by atoms with van der Waals surface area (Å²) < 4.78 is 51.7. The van der Waals surface area contributed by atoms with E-state index in [1.54, 1.807) is 0 Å². The smallest absolute Gasteiger partial charge is 0.403 e. The summed E-state index contributed by atoms with van der Waals surface area (Å²) in [5, 5.41) is 0. The maximum Gasteiger partial charge on any atom is 0.573 e. The average molecular weight is 246 g/mol. The summed E-state index contributed by atoms with van der Waals surface area (Å²) in [7, 11) is 0. The molecule has 0 spiro atoms. The second kappa shape index (κ2) is 4.57. The van der Waals surface area contributed by atoms with E-state index in [0.29, 0.717) is 5.56 Å². The number of anilines is 1. The summed E-state index contributed by atoms with van der Waals surface area (Å²) in [6.45, 7) is 1.49. The van der Waals surface area contributed by atoms with Gasteiger partial charge in [0.2, 0.25) is 0 Å². The molecule has 1 rings (SSSR count). The Labute approximate surface area is 89.4 Å². The van der Waals surface area contributed by atoms with Crippen LogP contribution in [0.5, 0.6) is 5.75 Å². The second-order valence-corrected chi connectivity index (χ2v) is 2.71. The van der Waals surface area contributed by atoms with Crippen molar-refractivity contribution < 1.29 is 22.3 Å². The molecule has 1 aromatic carbocycles. The molecule has 0 aliphatic rings. The predicted molar refractivity (Wildman–Crippen MR) is 49.5 cm³/mol. The van der Waals surface area contributed by atoms with Crippen molar-refractivity contribution in [2.75, 3.05) is 5.73 Å². The minimum absolute atomic E-state index is 0. The quantitative estimate of drug-likeness (QED) is 0.610. The summed E-state index contributed by atoms with van der Waals surface area (Å²) in [6, 6.07) is 2.15. The van der Waals surface area contributed by atoms with Gasteiger partial charge in [0.1, 0.15) is 0 Å². The van der Waals surface area contributed by atoms with E-state index in [1.807, 2.05) is 0 Å². The Morgan fingerprint density at radius 1 is 1.27 bits per heavy atom. The van der Waals surface area contributed by atoms with Gasteiger partial charge in [0.05, 0.1) is 5.69 Å². The Morgan fingerprint density at radius 2 is 1.80 bits per heavy atom. The molecule has 0 heterocycles. The Balaban J connectivity index is 0.00000196. The lowest BCUT2D eigenvalue weighted by atomic mass is 10.2. The number of hydrogen-bond donors (Lipinski definition) is 1. The molecule has 0 saturated heterocycles. The molecule has 7 heteroatoms. The maximum absolute atomic E-state index is 13.0. The number of rotatable bonds is 1. The summed E-state index contributed by atoms with van der Waals surface area (Å²) in [4.78, 5) is 0. The van der Waals surface area contributed by atoms with Gasteiger partial charge in [0.15, 0.2) is 11.6 Å². The fraction of sp³-hybridized carbons (Fsp3) is 0.250.